The van der Waals surface area contributed by atoms with Gasteiger partial charge in [0.1, 0.15) is 6.04 Å². The van der Waals surface area contributed by atoms with Gasteiger partial charge in [0.05, 0.1) is 25.5 Å². The Kier molecular flexibility index (Phi) is 4.51. The zero-order valence-electron chi connectivity index (χ0n) is 10.9. The number of aryl methyl sites for hydroxylation is 2. The van der Waals surface area contributed by atoms with Crippen LogP contribution in [0, 0.1) is 6.92 Å². The standard InChI is InChI=1S/C11H19N3O3/c1-7-9(10(16-4)14(3)13-7)6-12-8(2)11(15)17-5/h8,12H,6H2,1-5H3/t8-/m0/s1. The highest BCUT2D eigenvalue weighted by Gasteiger charge is 2.17. The minimum atomic E-state index is -0.357. The van der Waals surface area contributed by atoms with Crippen molar-refractivity contribution in [3.05, 3.63) is 11.3 Å². The van der Waals surface area contributed by atoms with E-state index in [9.17, 15) is 4.79 Å². The number of aromatic nitrogens is 2. The van der Waals surface area contributed by atoms with Gasteiger partial charge in [-0.3, -0.25) is 4.79 Å². The minimum Gasteiger partial charge on any atom is -0.481 e. The van der Waals surface area contributed by atoms with Crippen molar-refractivity contribution in [2.45, 2.75) is 26.4 Å². The first-order valence-electron chi connectivity index (χ1n) is 5.39. The number of esters is 1. The molecule has 0 aliphatic rings. The number of nitrogens with one attached hydrogen (secondary N) is 1. The Labute approximate surface area is 101 Å². The van der Waals surface area contributed by atoms with Gasteiger partial charge in [0.2, 0.25) is 5.88 Å². The molecule has 0 aliphatic carbocycles. The molecule has 0 amide bonds. The predicted molar refractivity (Wildman–Crippen MR) is 62.8 cm³/mol. The van der Waals surface area contributed by atoms with E-state index in [1.54, 1.807) is 18.7 Å². The van der Waals surface area contributed by atoms with E-state index >= 15 is 0 Å². The molecule has 0 spiro atoms. The van der Waals surface area contributed by atoms with Gasteiger partial charge in [-0.25, -0.2) is 4.68 Å². The molecule has 0 aromatic carbocycles. The predicted octanol–water partition coefficient (Wildman–Crippen LogP) is 0.388. The van der Waals surface area contributed by atoms with Crippen molar-refractivity contribution in [2.24, 2.45) is 7.05 Å². The van der Waals surface area contributed by atoms with Gasteiger partial charge in [0.15, 0.2) is 0 Å². The van der Waals surface area contributed by atoms with Crippen molar-refractivity contribution in [3.63, 3.8) is 0 Å². The van der Waals surface area contributed by atoms with Crippen molar-refractivity contribution in [2.75, 3.05) is 14.2 Å². The van der Waals surface area contributed by atoms with Crippen LogP contribution in [0.25, 0.3) is 0 Å². The second-order valence-corrected chi connectivity index (χ2v) is 3.82. The van der Waals surface area contributed by atoms with Gasteiger partial charge in [-0.15, -0.1) is 0 Å². The van der Waals surface area contributed by atoms with E-state index in [2.05, 4.69) is 15.2 Å². The van der Waals surface area contributed by atoms with Crippen molar-refractivity contribution in [3.8, 4) is 5.88 Å². The zero-order valence-corrected chi connectivity index (χ0v) is 10.9. The summed E-state index contributed by atoms with van der Waals surface area (Å²) >= 11 is 0. The molecule has 0 aliphatic heterocycles. The summed E-state index contributed by atoms with van der Waals surface area (Å²) in [6.07, 6.45) is 0. The molecular weight excluding hydrogens is 222 g/mol. The molecule has 1 rings (SSSR count). The average molecular weight is 241 g/mol. The van der Waals surface area contributed by atoms with Gasteiger partial charge in [0, 0.05) is 13.6 Å². The molecule has 0 saturated carbocycles. The maximum Gasteiger partial charge on any atom is 0.322 e. The first-order valence-corrected chi connectivity index (χ1v) is 5.39. The maximum atomic E-state index is 11.2. The number of nitrogens with zero attached hydrogens (tertiary/aromatic N) is 2. The van der Waals surface area contributed by atoms with Crippen LogP contribution < -0.4 is 10.1 Å². The van der Waals surface area contributed by atoms with E-state index in [1.807, 2.05) is 14.0 Å². The summed E-state index contributed by atoms with van der Waals surface area (Å²) in [7, 11) is 4.79. The number of carbonyl (C=O) groups is 1. The Balaban J connectivity index is 2.72. The second-order valence-electron chi connectivity index (χ2n) is 3.82. The lowest BCUT2D eigenvalue weighted by Crippen LogP contribution is -2.34. The van der Waals surface area contributed by atoms with Crippen LogP contribution in [-0.4, -0.2) is 36.0 Å². The quantitative estimate of drug-likeness (QED) is 0.755. The SMILES string of the molecule is COC(=O)[C@H](C)NCc1c(C)nn(C)c1OC. The fraction of sp³-hybridized carbons (Fsp3) is 0.636. The van der Waals surface area contributed by atoms with Crippen LogP contribution in [0.4, 0.5) is 0 Å². The van der Waals surface area contributed by atoms with Crippen molar-refractivity contribution in [1.29, 1.82) is 0 Å². The lowest BCUT2D eigenvalue weighted by Gasteiger charge is -2.11. The third kappa shape index (κ3) is 2.97. The Morgan fingerprint density at radius 3 is 2.71 bits per heavy atom. The third-order valence-corrected chi connectivity index (χ3v) is 2.62. The average Bonchev–Trinajstić information content (AvgIpc) is 2.58. The van der Waals surface area contributed by atoms with Crippen LogP contribution in [0.3, 0.4) is 0 Å². The van der Waals surface area contributed by atoms with Crippen LogP contribution in [0.2, 0.25) is 0 Å². The molecule has 0 saturated heterocycles. The molecule has 1 heterocycles. The Morgan fingerprint density at radius 1 is 1.53 bits per heavy atom. The van der Waals surface area contributed by atoms with Crippen LogP contribution in [0.5, 0.6) is 5.88 Å². The first kappa shape index (κ1) is 13.5. The molecule has 0 fully saturated rings. The molecule has 6 nitrogen and oxygen atoms in total. The maximum absolute atomic E-state index is 11.2. The highest BCUT2D eigenvalue weighted by Crippen LogP contribution is 2.20. The van der Waals surface area contributed by atoms with E-state index in [4.69, 9.17) is 4.74 Å². The van der Waals surface area contributed by atoms with Crippen molar-refractivity contribution in [1.82, 2.24) is 15.1 Å². The molecular formula is C11H19N3O3. The van der Waals surface area contributed by atoms with Gasteiger partial charge >= 0.3 is 5.97 Å². The molecule has 0 radical (unpaired) electrons. The highest BCUT2D eigenvalue weighted by atomic mass is 16.5. The summed E-state index contributed by atoms with van der Waals surface area (Å²) < 4.78 is 11.6. The molecule has 1 aromatic rings. The van der Waals surface area contributed by atoms with Gasteiger partial charge in [-0.05, 0) is 13.8 Å². The van der Waals surface area contributed by atoms with Crippen molar-refractivity contribution >= 4 is 5.97 Å². The lowest BCUT2D eigenvalue weighted by molar-refractivity contribution is -0.142. The smallest absolute Gasteiger partial charge is 0.322 e. The number of hydrogen-bond donors (Lipinski definition) is 1. The highest BCUT2D eigenvalue weighted by molar-refractivity contribution is 5.75. The Hall–Kier alpha value is -1.56. The van der Waals surface area contributed by atoms with Gasteiger partial charge in [-0.1, -0.05) is 0 Å². The molecule has 17 heavy (non-hydrogen) atoms. The monoisotopic (exact) mass is 241 g/mol. The Bertz CT molecular complexity index is 401. The van der Waals surface area contributed by atoms with Crippen LogP contribution in [0.1, 0.15) is 18.2 Å². The lowest BCUT2D eigenvalue weighted by atomic mass is 10.2. The minimum absolute atomic E-state index is 0.287. The van der Waals surface area contributed by atoms with E-state index in [0.29, 0.717) is 12.4 Å². The normalized spacial score (nSPS) is 12.3. The first-order chi connectivity index (χ1) is 8.01. The molecule has 1 aromatic heterocycles. The summed E-state index contributed by atoms with van der Waals surface area (Å²) in [4.78, 5) is 11.2. The van der Waals surface area contributed by atoms with Crippen molar-refractivity contribution < 1.29 is 14.3 Å². The summed E-state index contributed by atoms with van der Waals surface area (Å²) in [5.41, 5.74) is 1.83. The van der Waals surface area contributed by atoms with Crippen LogP contribution in [-0.2, 0) is 23.1 Å². The van der Waals surface area contributed by atoms with Gasteiger partial charge in [-0.2, -0.15) is 5.10 Å². The fourth-order valence-electron chi connectivity index (χ4n) is 1.65. The van der Waals surface area contributed by atoms with Gasteiger partial charge < -0.3 is 14.8 Å². The van der Waals surface area contributed by atoms with E-state index in [-0.39, 0.29) is 12.0 Å². The zero-order chi connectivity index (χ0) is 13.0. The summed E-state index contributed by atoms with van der Waals surface area (Å²) in [5, 5.41) is 7.33. The number of ether oxygens (including phenoxy) is 2. The topological polar surface area (TPSA) is 65.4 Å². The van der Waals surface area contributed by atoms with E-state index in [1.165, 1.54) is 7.11 Å². The number of carbonyl (C=O) groups excluding carboxylic acids is 1. The molecule has 1 N–H and O–H groups in total. The van der Waals surface area contributed by atoms with E-state index in [0.717, 1.165) is 11.3 Å². The fourth-order valence-corrected chi connectivity index (χ4v) is 1.65. The number of hydrogen-bond acceptors (Lipinski definition) is 5. The second kappa shape index (κ2) is 5.67. The van der Waals surface area contributed by atoms with Crippen LogP contribution >= 0.6 is 0 Å². The molecule has 0 bridgehead atoms. The summed E-state index contributed by atoms with van der Waals surface area (Å²) in [5.74, 6) is 0.414. The van der Waals surface area contributed by atoms with Gasteiger partial charge in [0.25, 0.3) is 0 Å². The third-order valence-electron chi connectivity index (χ3n) is 2.62. The number of rotatable bonds is 5. The molecule has 1 atom stereocenters. The summed E-state index contributed by atoms with van der Waals surface area (Å²) in [6.45, 7) is 4.17. The molecule has 6 heteroatoms. The largest absolute Gasteiger partial charge is 0.481 e. The van der Waals surface area contributed by atoms with E-state index < -0.39 is 0 Å². The molecule has 0 unspecified atom stereocenters. The Morgan fingerprint density at radius 2 is 2.18 bits per heavy atom. The van der Waals surface area contributed by atoms with Crippen LogP contribution in [0.15, 0.2) is 0 Å². The molecule has 96 valence electrons. The number of methoxy groups -OCH3 is 2. The summed E-state index contributed by atoms with van der Waals surface area (Å²) in [6, 6.07) is -0.357.